The first-order valence-corrected chi connectivity index (χ1v) is 2.79. The van der Waals surface area contributed by atoms with E-state index in [-0.39, 0.29) is 6.61 Å². The van der Waals surface area contributed by atoms with Crippen molar-refractivity contribution < 1.29 is 9.58 Å². The molecule has 0 saturated carbocycles. The topological polar surface area (TPSA) is 63.7 Å². The number of rotatable bonds is 2. The number of nitrogens with one attached hydrogen (secondary N) is 1. The number of nitrogens with zero attached hydrogens (tertiary/aromatic N) is 2. The van der Waals surface area contributed by atoms with Gasteiger partial charge in [0.15, 0.2) is 6.33 Å². The molecule has 0 amide bonds. The Kier molecular flexibility index (Phi) is 2.08. The average Bonchev–Trinajstić information content (AvgIpc) is 2.36. The SMILES string of the molecule is N#C[B-][n+]1c[nH]cc1CO. The fraction of sp³-hybridized carbons (Fsp3) is 0.200. The molecule has 1 aromatic rings. The Morgan fingerprint density at radius 3 is 3.30 bits per heavy atom. The number of nitriles is 1. The second-order valence-corrected chi connectivity index (χ2v) is 1.76. The highest BCUT2D eigenvalue weighted by Gasteiger charge is 1.96. The van der Waals surface area contributed by atoms with E-state index in [2.05, 4.69) is 4.98 Å². The molecule has 0 atom stereocenters. The predicted molar refractivity (Wildman–Crippen MR) is 33.7 cm³/mol. The van der Waals surface area contributed by atoms with E-state index in [1.165, 1.54) is 11.9 Å². The molecule has 1 rings (SSSR count). The van der Waals surface area contributed by atoms with E-state index in [9.17, 15) is 0 Å². The van der Waals surface area contributed by atoms with Crippen LogP contribution < -0.4 is 4.48 Å². The van der Waals surface area contributed by atoms with Gasteiger partial charge in [0.25, 0.3) is 0 Å². The summed E-state index contributed by atoms with van der Waals surface area (Å²) >= 11 is 0. The lowest BCUT2D eigenvalue weighted by Crippen LogP contribution is -2.40. The maximum atomic E-state index is 8.66. The molecule has 0 aliphatic rings. The molecule has 2 N–H and O–H groups in total. The van der Waals surface area contributed by atoms with Gasteiger partial charge in [0.2, 0.25) is 0 Å². The zero-order valence-electron chi connectivity index (χ0n) is 5.28. The van der Waals surface area contributed by atoms with Crippen molar-refractivity contribution in [3.05, 3.63) is 18.2 Å². The van der Waals surface area contributed by atoms with E-state index >= 15 is 0 Å². The zero-order valence-corrected chi connectivity index (χ0v) is 5.28. The van der Waals surface area contributed by atoms with Gasteiger partial charge >= 0.3 is 0 Å². The van der Waals surface area contributed by atoms with Gasteiger partial charge in [-0.25, -0.2) is 0 Å². The number of aliphatic hydroxyl groups is 1. The highest BCUT2D eigenvalue weighted by molar-refractivity contribution is 6.35. The molecule has 0 aliphatic carbocycles. The third kappa shape index (κ3) is 1.17. The molecule has 0 saturated heterocycles. The number of hydrogen-bond acceptors (Lipinski definition) is 2. The lowest BCUT2D eigenvalue weighted by molar-refractivity contribution is -0.537. The summed E-state index contributed by atoms with van der Waals surface area (Å²) in [6, 6.07) is 0. The van der Waals surface area contributed by atoms with Crippen molar-refractivity contribution >= 4 is 7.41 Å². The zero-order chi connectivity index (χ0) is 7.40. The van der Waals surface area contributed by atoms with Crippen LogP contribution in [-0.2, 0) is 6.61 Å². The first-order valence-electron chi connectivity index (χ1n) is 2.79. The fourth-order valence-electron chi connectivity index (χ4n) is 0.681. The van der Waals surface area contributed by atoms with Crippen LogP contribution in [0.25, 0.3) is 0 Å². The summed E-state index contributed by atoms with van der Waals surface area (Å²) in [7, 11) is 1.31. The smallest absolute Gasteiger partial charge is 0.191 e. The largest absolute Gasteiger partial charge is 0.473 e. The third-order valence-corrected chi connectivity index (χ3v) is 1.15. The van der Waals surface area contributed by atoms with Gasteiger partial charge in [-0.3, -0.25) is 10.2 Å². The third-order valence-electron chi connectivity index (χ3n) is 1.15. The Balaban J connectivity index is 2.82. The molecule has 2 radical (unpaired) electrons. The van der Waals surface area contributed by atoms with Gasteiger partial charge < -0.3 is 9.58 Å². The molecule has 0 aliphatic heterocycles. The van der Waals surface area contributed by atoms with Crippen LogP contribution in [0.4, 0.5) is 0 Å². The highest BCUT2D eigenvalue weighted by atomic mass is 16.3. The van der Waals surface area contributed by atoms with Crippen molar-refractivity contribution in [1.82, 2.24) is 4.98 Å². The first kappa shape index (κ1) is 6.84. The number of aliphatic hydroxyl groups excluding tert-OH is 1. The highest BCUT2D eigenvalue weighted by Crippen LogP contribution is 1.84. The van der Waals surface area contributed by atoms with Crippen LogP contribution in [0.3, 0.4) is 0 Å². The molecule has 1 heterocycles. The Bertz CT molecular complexity index is 252. The molecule has 10 heavy (non-hydrogen) atoms. The lowest BCUT2D eigenvalue weighted by atomic mass is 9.98. The van der Waals surface area contributed by atoms with Crippen LogP contribution in [0.15, 0.2) is 12.5 Å². The van der Waals surface area contributed by atoms with E-state index in [4.69, 9.17) is 10.4 Å². The summed E-state index contributed by atoms with van der Waals surface area (Å²) in [5, 5.41) is 16.9. The van der Waals surface area contributed by atoms with Crippen LogP contribution in [0.5, 0.6) is 0 Å². The van der Waals surface area contributed by atoms with Crippen molar-refractivity contribution in [2.24, 2.45) is 0 Å². The summed E-state index contributed by atoms with van der Waals surface area (Å²) in [5.41, 5.74) is 0.668. The van der Waals surface area contributed by atoms with E-state index in [0.29, 0.717) is 5.69 Å². The number of H-pyrrole nitrogens is 1. The summed E-state index contributed by atoms with van der Waals surface area (Å²) < 4.78 is 1.53. The average molecular weight is 135 g/mol. The molecule has 0 aromatic carbocycles. The Morgan fingerprint density at radius 1 is 1.90 bits per heavy atom. The van der Waals surface area contributed by atoms with E-state index in [1.54, 1.807) is 12.5 Å². The molecule has 0 fully saturated rings. The minimum atomic E-state index is -0.0678. The second kappa shape index (κ2) is 3.04. The van der Waals surface area contributed by atoms with Crippen molar-refractivity contribution in [2.75, 3.05) is 0 Å². The maximum Gasteiger partial charge on any atom is 0.191 e. The molecule has 0 bridgehead atoms. The minimum absolute atomic E-state index is 0.0678. The lowest BCUT2D eigenvalue weighted by Gasteiger charge is -2.02. The standard InChI is InChI=1S/C5H6BN3O/c7-3-6-9-4-8-1-5(9)2-10/h1,4,8,10H,2H2. The summed E-state index contributed by atoms with van der Waals surface area (Å²) in [5.74, 6) is 1.85. The summed E-state index contributed by atoms with van der Waals surface area (Å²) in [6.45, 7) is -0.0678. The molecule has 50 valence electrons. The van der Waals surface area contributed by atoms with E-state index < -0.39 is 0 Å². The monoisotopic (exact) mass is 135 g/mol. The molecule has 1 aromatic heterocycles. The number of aromatic nitrogens is 2. The van der Waals surface area contributed by atoms with Crippen LogP contribution in [-0.4, -0.2) is 17.5 Å². The van der Waals surface area contributed by atoms with Crippen LogP contribution in [0, 0.1) is 11.2 Å². The number of aromatic amines is 1. The predicted octanol–water partition coefficient (Wildman–Crippen LogP) is -1.26. The van der Waals surface area contributed by atoms with Gasteiger partial charge in [-0.05, 0) is 0 Å². The van der Waals surface area contributed by atoms with Gasteiger partial charge in [-0.15, -0.1) is 0 Å². The molecular formula is C5H6BN3O. The number of imidazole rings is 1. The molecule has 5 heteroatoms. The molecular weight excluding hydrogens is 129 g/mol. The second-order valence-electron chi connectivity index (χ2n) is 1.76. The first-order chi connectivity index (χ1) is 4.88. The van der Waals surface area contributed by atoms with Gasteiger partial charge in [0.05, 0.1) is 7.41 Å². The number of hydrogen-bond donors (Lipinski definition) is 2. The summed E-state index contributed by atoms with van der Waals surface area (Å²) in [6.07, 6.45) is 3.22. The van der Waals surface area contributed by atoms with Crippen molar-refractivity contribution in [2.45, 2.75) is 6.61 Å². The van der Waals surface area contributed by atoms with Crippen molar-refractivity contribution in [3.63, 3.8) is 0 Å². The summed E-state index contributed by atoms with van der Waals surface area (Å²) in [4.78, 5) is 2.75. The van der Waals surface area contributed by atoms with Gasteiger partial charge in [0.1, 0.15) is 18.5 Å². The van der Waals surface area contributed by atoms with Crippen molar-refractivity contribution in [1.29, 1.82) is 5.26 Å². The van der Waals surface area contributed by atoms with Gasteiger partial charge in [0, 0.05) is 0 Å². The Morgan fingerprint density at radius 2 is 2.70 bits per heavy atom. The van der Waals surface area contributed by atoms with E-state index in [1.807, 2.05) is 5.97 Å². The minimum Gasteiger partial charge on any atom is -0.473 e. The van der Waals surface area contributed by atoms with Crippen molar-refractivity contribution in [3.8, 4) is 5.97 Å². The molecule has 4 nitrogen and oxygen atoms in total. The Hall–Kier alpha value is -1.28. The quantitative estimate of drug-likeness (QED) is 0.497. The molecule has 0 spiro atoms. The van der Waals surface area contributed by atoms with Crippen LogP contribution in [0.2, 0.25) is 0 Å². The van der Waals surface area contributed by atoms with E-state index in [0.717, 1.165) is 0 Å². The Labute approximate surface area is 59.0 Å². The maximum absolute atomic E-state index is 8.66. The fourth-order valence-corrected chi connectivity index (χ4v) is 0.681. The van der Waals surface area contributed by atoms with Gasteiger partial charge in [-0.2, -0.15) is 5.97 Å². The van der Waals surface area contributed by atoms with Crippen LogP contribution in [0.1, 0.15) is 5.69 Å². The normalized spacial score (nSPS) is 9.20. The van der Waals surface area contributed by atoms with Gasteiger partial charge in [-0.1, -0.05) is 0 Å². The van der Waals surface area contributed by atoms with Crippen LogP contribution >= 0.6 is 0 Å². The molecule has 0 unspecified atom stereocenters.